The highest BCUT2D eigenvalue weighted by atomic mass is 33.1. The second-order valence-electron chi connectivity index (χ2n) is 9.95. The van der Waals surface area contributed by atoms with Crippen LogP contribution in [0.2, 0.25) is 0 Å². The maximum absolute atomic E-state index is 15.7. The Bertz CT molecular complexity index is 1530. The summed E-state index contributed by atoms with van der Waals surface area (Å²) >= 11 is 0. The van der Waals surface area contributed by atoms with E-state index in [9.17, 15) is 8.78 Å². The number of aromatic nitrogens is 3. The molecule has 2 aliphatic heterocycles. The summed E-state index contributed by atoms with van der Waals surface area (Å²) in [4.78, 5) is 14.1. The molecule has 218 valence electrons. The van der Waals surface area contributed by atoms with Gasteiger partial charge >= 0.3 is 5.92 Å². The molecule has 2 aliphatic rings. The van der Waals surface area contributed by atoms with E-state index < -0.39 is 24.2 Å². The lowest BCUT2D eigenvalue weighted by molar-refractivity contribution is 0.0256. The van der Waals surface area contributed by atoms with Gasteiger partial charge < -0.3 is 4.90 Å². The molecule has 2 aromatic heterocycles. The van der Waals surface area contributed by atoms with Crippen LogP contribution in [0.4, 0.5) is 34.9 Å². The Balaban J connectivity index is 1.27. The van der Waals surface area contributed by atoms with E-state index in [0.717, 1.165) is 28.3 Å². The second kappa shape index (κ2) is 12.0. The number of hydrogen-bond acceptors (Lipinski definition) is 9. The van der Waals surface area contributed by atoms with Gasteiger partial charge in [-0.15, -0.1) is 5.53 Å². The molecule has 13 heteroatoms. The highest BCUT2D eigenvalue weighted by Gasteiger charge is 2.44. The summed E-state index contributed by atoms with van der Waals surface area (Å²) in [6, 6.07) is 21.0. The number of rotatable bonds is 10. The molecule has 0 radical (unpaired) electrons. The van der Waals surface area contributed by atoms with E-state index in [-0.39, 0.29) is 30.2 Å². The predicted molar refractivity (Wildman–Crippen MR) is 159 cm³/mol. The molecule has 0 amide bonds. The molecule has 1 fully saturated rings. The van der Waals surface area contributed by atoms with Gasteiger partial charge in [0.25, 0.3) is 5.92 Å². The highest BCUT2D eigenvalue weighted by molar-refractivity contribution is 8.76. The summed E-state index contributed by atoms with van der Waals surface area (Å²) in [5, 5.41) is 2.56. The topological polar surface area (TPSA) is 69.2 Å². The molecule has 0 saturated carbocycles. The van der Waals surface area contributed by atoms with E-state index in [4.69, 9.17) is 0 Å². The zero-order valence-electron chi connectivity index (χ0n) is 22.3. The number of pyridine rings is 1. The fraction of sp³-hybridized carbons (Fsp3) is 0.276. The smallest absolute Gasteiger partial charge is 0.331 e. The molecule has 42 heavy (non-hydrogen) atoms. The van der Waals surface area contributed by atoms with Crippen LogP contribution < -0.4 is 20.9 Å². The van der Waals surface area contributed by atoms with Crippen molar-refractivity contribution in [2.75, 3.05) is 34.2 Å². The van der Waals surface area contributed by atoms with Crippen LogP contribution in [0.3, 0.4) is 0 Å². The minimum Gasteiger partial charge on any atom is -0.348 e. The Kier molecular flexibility index (Phi) is 8.15. The van der Waals surface area contributed by atoms with E-state index >= 15 is 8.78 Å². The third-order valence-corrected chi connectivity index (χ3v) is 9.28. The minimum absolute atomic E-state index is 0.00844. The average Bonchev–Trinajstić information content (AvgIpc) is 3.59. The molecule has 0 spiro atoms. The lowest BCUT2D eigenvalue weighted by Crippen LogP contribution is -2.36. The molecule has 2 N–H and O–H groups in total. The molecular weight excluding hydrogens is 586 g/mol. The summed E-state index contributed by atoms with van der Waals surface area (Å²) in [6.07, 6.45) is 2.17. The lowest BCUT2D eigenvalue weighted by Gasteiger charge is -2.24. The highest BCUT2D eigenvalue weighted by Crippen LogP contribution is 2.43. The zero-order chi connectivity index (χ0) is 29.2. The first-order chi connectivity index (χ1) is 20.3. The number of hydrazine groups is 2. The molecule has 0 aliphatic carbocycles. The Hall–Kier alpha value is -3.55. The standard InChI is InChI=1S/C29H27F4N7S2/c30-28(31)14-16-39(19-28)25-24-26(36-27(35-25)29(32,33)22-10-2-1-3-11-22)40(38-37-24)18-21-9-5-4-8-20(21)13-17-41-42-23-12-6-7-15-34-23/h1-12,15,37-38H,13-14,16-19H2. The molecule has 0 atom stereocenters. The summed E-state index contributed by atoms with van der Waals surface area (Å²) in [5.41, 5.74) is 8.05. The number of hydrogen-bond donors (Lipinski definition) is 2. The molecule has 2 aromatic carbocycles. The van der Waals surface area contributed by atoms with Gasteiger partial charge in [-0.1, -0.05) is 71.5 Å². The van der Waals surface area contributed by atoms with Crippen LogP contribution >= 0.6 is 21.6 Å². The van der Waals surface area contributed by atoms with Crippen molar-refractivity contribution < 1.29 is 17.6 Å². The van der Waals surface area contributed by atoms with E-state index in [2.05, 4.69) is 25.9 Å². The van der Waals surface area contributed by atoms with Crippen LogP contribution in [-0.4, -0.2) is 39.7 Å². The van der Waals surface area contributed by atoms with E-state index in [0.29, 0.717) is 12.2 Å². The van der Waals surface area contributed by atoms with E-state index in [1.807, 2.05) is 42.5 Å². The van der Waals surface area contributed by atoms with Crippen LogP contribution in [0.5, 0.6) is 0 Å². The van der Waals surface area contributed by atoms with Gasteiger partial charge in [0.2, 0.25) is 5.82 Å². The summed E-state index contributed by atoms with van der Waals surface area (Å²) < 4.78 is 59.8. The van der Waals surface area contributed by atoms with Crippen LogP contribution in [-0.2, 0) is 18.9 Å². The third kappa shape index (κ3) is 6.13. The molecule has 0 bridgehead atoms. The first-order valence-electron chi connectivity index (χ1n) is 13.4. The van der Waals surface area contributed by atoms with Crippen molar-refractivity contribution in [3.63, 3.8) is 0 Å². The number of benzene rings is 2. The number of nitrogens with one attached hydrogen (secondary N) is 2. The van der Waals surface area contributed by atoms with Gasteiger partial charge in [-0.25, -0.2) is 23.7 Å². The lowest BCUT2D eigenvalue weighted by atomic mass is 10.1. The normalized spacial score (nSPS) is 16.0. The minimum atomic E-state index is -3.54. The van der Waals surface area contributed by atoms with Crippen LogP contribution in [0.25, 0.3) is 0 Å². The zero-order valence-corrected chi connectivity index (χ0v) is 23.9. The molecular formula is C29H27F4N7S2. The summed E-state index contributed by atoms with van der Waals surface area (Å²) in [6.45, 7) is -0.311. The first kappa shape index (κ1) is 28.6. The SMILES string of the molecule is FC1(F)CCN(c2nc(C(F)(F)c3ccccc3)nc3c2NNN3Cc2ccccc2CCSSc2ccccn2)C1. The van der Waals surface area contributed by atoms with Crippen molar-refractivity contribution >= 4 is 38.9 Å². The largest absolute Gasteiger partial charge is 0.348 e. The Morgan fingerprint density at radius 3 is 2.38 bits per heavy atom. The van der Waals surface area contributed by atoms with Crippen molar-refractivity contribution in [2.24, 2.45) is 0 Å². The Labute approximate surface area is 248 Å². The molecule has 6 rings (SSSR count). The number of halogens is 4. The number of nitrogens with zero attached hydrogens (tertiary/aromatic N) is 5. The van der Waals surface area contributed by atoms with Gasteiger partial charge in [-0.3, -0.25) is 10.4 Å². The fourth-order valence-electron chi connectivity index (χ4n) is 4.87. The molecule has 1 saturated heterocycles. The van der Waals surface area contributed by atoms with Crippen LogP contribution in [0, 0.1) is 0 Å². The van der Waals surface area contributed by atoms with E-state index in [1.165, 1.54) is 29.2 Å². The number of alkyl halides is 4. The number of anilines is 3. The quantitative estimate of drug-likeness (QED) is 0.116. The van der Waals surface area contributed by atoms with Gasteiger partial charge in [0, 0.05) is 30.5 Å². The average molecular weight is 614 g/mol. The van der Waals surface area contributed by atoms with Crippen molar-refractivity contribution in [1.82, 2.24) is 20.5 Å². The molecule has 0 unspecified atom stereocenters. The van der Waals surface area contributed by atoms with Gasteiger partial charge in [-0.2, -0.15) is 8.78 Å². The van der Waals surface area contributed by atoms with Crippen molar-refractivity contribution in [3.05, 3.63) is 102 Å². The Morgan fingerprint density at radius 2 is 1.64 bits per heavy atom. The van der Waals surface area contributed by atoms with Gasteiger partial charge in [0.1, 0.15) is 10.7 Å². The van der Waals surface area contributed by atoms with Crippen molar-refractivity contribution in [1.29, 1.82) is 0 Å². The van der Waals surface area contributed by atoms with Gasteiger partial charge in [-0.05, 0) is 40.5 Å². The summed E-state index contributed by atoms with van der Waals surface area (Å²) in [5.74, 6) is -6.18. The summed E-state index contributed by atoms with van der Waals surface area (Å²) in [7, 11) is 3.31. The third-order valence-electron chi connectivity index (χ3n) is 7.01. The first-order valence-corrected chi connectivity index (χ1v) is 15.7. The molecule has 4 heterocycles. The van der Waals surface area contributed by atoms with Crippen LogP contribution in [0.15, 0.2) is 84.0 Å². The maximum Gasteiger partial charge on any atom is 0.331 e. The Morgan fingerprint density at radius 1 is 0.905 bits per heavy atom. The monoisotopic (exact) mass is 613 g/mol. The molecule has 7 nitrogen and oxygen atoms in total. The number of fused-ring (bicyclic) bond motifs is 1. The van der Waals surface area contributed by atoms with Crippen LogP contribution in [0.1, 0.15) is 28.9 Å². The number of aryl methyl sites for hydroxylation is 1. The van der Waals surface area contributed by atoms with Gasteiger partial charge in [0.15, 0.2) is 11.6 Å². The van der Waals surface area contributed by atoms with E-state index in [1.54, 1.807) is 38.9 Å². The molecule has 4 aromatic rings. The second-order valence-corrected chi connectivity index (χ2v) is 12.4. The predicted octanol–water partition coefficient (Wildman–Crippen LogP) is 6.69. The van der Waals surface area contributed by atoms with Gasteiger partial charge in [0.05, 0.1) is 13.1 Å². The maximum atomic E-state index is 15.7. The van der Waals surface area contributed by atoms with Crippen molar-refractivity contribution in [3.8, 4) is 0 Å². The fourth-order valence-corrected chi connectivity index (χ4v) is 6.78. The van der Waals surface area contributed by atoms with Crippen molar-refractivity contribution in [2.45, 2.75) is 36.3 Å².